The molecule has 0 aliphatic rings. The number of nitrogens with zero attached hydrogens (tertiary/aromatic N) is 2. The molecule has 0 aliphatic carbocycles. The number of anilines is 1. The van der Waals surface area contributed by atoms with E-state index in [4.69, 9.17) is 16.3 Å². The fourth-order valence-corrected chi connectivity index (χ4v) is 3.44. The molecular weight excluding hydrogens is 398 g/mol. The number of aromatic nitrogens is 2. The van der Waals surface area contributed by atoms with Crippen molar-refractivity contribution in [3.63, 3.8) is 0 Å². The van der Waals surface area contributed by atoms with E-state index in [-0.39, 0.29) is 19.1 Å². The molecule has 5 nitrogen and oxygen atoms in total. The number of para-hydroxylation sites is 2. The van der Waals surface area contributed by atoms with E-state index in [9.17, 15) is 4.79 Å². The highest BCUT2D eigenvalue weighted by Crippen LogP contribution is 2.21. The van der Waals surface area contributed by atoms with Crippen molar-refractivity contribution in [2.24, 2.45) is 0 Å². The van der Waals surface area contributed by atoms with Crippen molar-refractivity contribution < 1.29 is 9.53 Å². The second-order valence-electron chi connectivity index (χ2n) is 7.14. The lowest BCUT2D eigenvalue weighted by Crippen LogP contribution is -2.21. The van der Waals surface area contributed by atoms with Crippen LogP contribution in [0, 0.1) is 13.8 Å². The zero-order chi connectivity index (χ0) is 21.1. The third-order valence-corrected chi connectivity index (χ3v) is 5.35. The summed E-state index contributed by atoms with van der Waals surface area (Å²) in [5.41, 5.74) is 4.74. The molecule has 1 heterocycles. The SMILES string of the molecule is Cc1cccc(NC(=O)Cn2c(COc3ccc(Cl)cc3)nc3ccccc32)c1C. The van der Waals surface area contributed by atoms with Crippen molar-refractivity contribution in [1.82, 2.24) is 9.55 Å². The van der Waals surface area contributed by atoms with Gasteiger partial charge in [0.1, 0.15) is 24.7 Å². The molecule has 3 aromatic carbocycles. The number of imidazole rings is 1. The maximum Gasteiger partial charge on any atom is 0.244 e. The standard InChI is InChI=1S/C24H22ClN3O2/c1-16-6-5-8-20(17(16)2)27-24(29)14-28-22-9-4-3-7-21(22)26-23(28)15-30-19-12-10-18(25)11-13-19/h3-13H,14-15H2,1-2H3,(H,27,29). The van der Waals surface area contributed by atoms with E-state index in [1.54, 1.807) is 12.1 Å². The van der Waals surface area contributed by atoms with Crippen molar-refractivity contribution in [2.75, 3.05) is 5.32 Å². The van der Waals surface area contributed by atoms with Crippen molar-refractivity contribution in [3.05, 3.63) is 88.7 Å². The van der Waals surface area contributed by atoms with E-state index in [1.165, 1.54) is 0 Å². The van der Waals surface area contributed by atoms with Gasteiger partial charge >= 0.3 is 0 Å². The Labute approximate surface area is 180 Å². The Kier molecular flexibility index (Phi) is 5.72. The summed E-state index contributed by atoms with van der Waals surface area (Å²) in [6.45, 7) is 4.42. The molecule has 0 radical (unpaired) electrons. The van der Waals surface area contributed by atoms with Gasteiger partial charge in [-0.25, -0.2) is 4.98 Å². The van der Waals surface area contributed by atoms with Crippen LogP contribution in [0.1, 0.15) is 17.0 Å². The summed E-state index contributed by atoms with van der Waals surface area (Å²) in [5.74, 6) is 1.26. The summed E-state index contributed by atoms with van der Waals surface area (Å²) in [6.07, 6.45) is 0. The van der Waals surface area contributed by atoms with Gasteiger partial charge in [0.05, 0.1) is 11.0 Å². The van der Waals surface area contributed by atoms with E-state index >= 15 is 0 Å². The molecular formula is C24H22ClN3O2. The minimum absolute atomic E-state index is 0.111. The molecule has 0 unspecified atom stereocenters. The van der Waals surface area contributed by atoms with Crippen LogP contribution in [0.15, 0.2) is 66.7 Å². The normalized spacial score (nSPS) is 10.9. The first-order valence-electron chi connectivity index (χ1n) is 9.70. The van der Waals surface area contributed by atoms with Crippen LogP contribution in [0.2, 0.25) is 5.02 Å². The largest absolute Gasteiger partial charge is 0.486 e. The first-order chi connectivity index (χ1) is 14.5. The lowest BCUT2D eigenvalue weighted by molar-refractivity contribution is -0.116. The van der Waals surface area contributed by atoms with Gasteiger partial charge in [0, 0.05) is 10.7 Å². The van der Waals surface area contributed by atoms with Crippen molar-refractivity contribution in [2.45, 2.75) is 27.0 Å². The van der Waals surface area contributed by atoms with Gasteiger partial charge in [0.25, 0.3) is 0 Å². The van der Waals surface area contributed by atoms with Crippen molar-refractivity contribution in [3.8, 4) is 5.75 Å². The third kappa shape index (κ3) is 4.31. The van der Waals surface area contributed by atoms with Crippen LogP contribution in [0.5, 0.6) is 5.75 Å². The number of carbonyl (C=O) groups excluding carboxylic acids is 1. The maximum atomic E-state index is 12.8. The highest BCUT2D eigenvalue weighted by Gasteiger charge is 2.15. The Balaban J connectivity index is 1.57. The van der Waals surface area contributed by atoms with Gasteiger partial charge in [-0.1, -0.05) is 35.9 Å². The van der Waals surface area contributed by atoms with Gasteiger partial charge < -0.3 is 14.6 Å². The Morgan fingerprint density at radius 1 is 1.03 bits per heavy atom. The maximum absolute atomic E-state index is 12.8. The Bertz CT molecular complexity index is 1200. The molecule has 4 rings (SSSR count). The molecule has 0 aliphatic heterocycles. The number of benzene rings is 3. The lowest BCUT2D eigenvalue weighted by atomic mass is 10.1. The highest BCUT2D eigenvalue weighted by atomic mass is 35.5. The predicted octanol–water partition coefficient (Wildman–Crippen LogP) is 5.52. The first kappa shape index (κ1) is 20.0. The van der Waals surface area contributed by atoms with Gasteiger partial charge in [-0.2, -0.15) is 0 Å². The number of amides is 1. The van der Waals surface area contributed by atoms with Crippen LogP contribution >= 0.6 is 11.6 Å². The molecule has 30 heavy (non-hydrogen) atoms. The Morgan fingerprint density at radius 2 is 1.80 bits per heavy atom. The van der Waals surface area contributed by atoms with Crippen LogP contribution in [-0.2, 0) is 17.9 Å². The molecule has 0 fully saturated rings. The van der Waals surface area contributed by atoms with Crippen LogP contribution in [0.25, 0.3) is 11.0 Å². The molecule has 0 saturated carbocycles. The number of halogens is 1. The molecule has 152 valence electrons. The summed E-state index contributed by atoms with van der Waals surface area (Å²) >= 11 is 5.94. The quantitative estimate of drug-likeness (QED) is 0.447. The highest BCUT2D eigenvalue weighted by molar-refractivity contribution is 6.30. The second kappa shape index (κ2) is 8.59. The van der Waals surface area contributed by atoms with Gasteiger partial charge in [0.15, 0.2) is 0 Å². The van der Waals surface area contributed by atoms with E-state index < -0.39 is 0 Å². The minimum Gasteiger partial charge on any atom is -0.486 e. The third-order valence-electron chi connectivity index (χ3n) is 5.10. The second-order valence-corrected chi connectivity index (χ2v) is 7.58. The predicted molar refractivity (Wildman–Crippen MR) is 120 cm³/mol. The summed E-state index contributed by atoms with van der Waals surface area (Å²) in [5, 5.41) is 3.67. The monoisotopic (exact) mass is 419 g/mol. The number of aryl methyl sites for hydroxylation is 1. The molecule has 4 aromatic rings. The molecule has 1 aromatic heterocycles. The van der Waals surface area contributed by atoms with E-state index in [0.29, 0.717) is 16.6 Å². The number of hydrogen-bond donors (Lipinski definition) is 1. The number of carbonyl (C=O) groups is 1. The summed E-state index contributed by atoms with van der Waals surface area (Å²) in [6, 6.07) is 20.8. The topological polar surface area (TPSA) is 56.2 Å². The van der Waals surface area contributed by atoms with Crippen LogP contribution in [0.4, 0.5) is 5.69 Å². The molecule has 0 atom stereocenters. The van der Waals surface area contributed by atoms with Crippen molar-refractivity contribution >= 4 is 34.2 Å². The average molecular weight is 420 g/mol. The fraction of sp³-hybridized carbons (Fsp3) is 0.167. The Morgan fingerprint density at radius 3 is 2.60 bits per heavy atom. The minimum atomic E-state index is -0.111. The summed E-state index contributed by atoms with van der Waals surface area (Å²) in [4.78, 5) is 17.5. The van der Waals surface area contributed by atoms with Gasteiger partial charge in [0.2, 0.25) is 5.91 Å². The smallest absolute Gasteiger partial charge is 0.244 e. The zero-order valence-corrected chi connectivity index (χ0v) is 17.6. The number of nitrogens with one attached hydrogen (secondary N) is 1. The molecule has 1 amide bonds. The van der Waals surface area contributed by atoms with Crippen LogP contribution in [-0.4, -0.2) is 15.5 Å². The molecule has 1 N–H and O–H groups in total. The first-order valence-corrected chi connectivity index (χ1v) is 10.1. The lowest BCUT2D eigenvalue weighted by Gasteiger charge is -2.13. The zero-order valence-electron chi connectivity index (χ0n) is 16.9. The van der Waals surface area contributed by atoms with Crippen molar-refractivity contribution in [1.29, 1.82) is 0 Å². The molecule has 0 spiro atoms. The number of rotatable bonds is 6. The van der Waals surface area contributed by atoms with Gasteiger partial charge in [-0.05, 0) is 67.4 Å². The number of ether oxygens (including phenoxy) is 1. The summed E-state index contributed by atoms with van der Waals surface area (Å²) in [7, 11) is 0. The average Bonchev–Trinajstić information content (AvgIpc) is 3.08. The van der Waals surface area contributed by atoms with Gasteiger partial charge in [-0.3, -0.25) is 4.79 Å². The number of hydrogen-bond acceptors (Lipinski definition) is 3. The van der Waals surface area contributed by atoms with Gasteiger partial charge in [-0.15, -0.1) is 0 Å². The number of fused-ring (bicyclic) bond motifs is 1. The molecule has 6 heteroatoms. The van der Waals surface area contributed by atoms with Crippen LogP contribution in [0.3, 0.4) is 0 Å². The molecule has 0 bridgehead atoms. The van der Waals surface area contributed by atoms with E-state index in [1.807, 2.05) is 73.0 Å². The van der Waals surface area contributed by atoms with Crippen LogP contribution < -0.4 is 10.1 Å². The summed E-state index contributed by atoms with van der Waals surface area (Å²) < 4.78 is 7.77. The fourth-order valence-electron chi connectivity index (χ4n) is 3.31. The Hall–Kier alpha value is -3.31. The van der Waals surface area contributed by atoms with E-state index in [0.717, 1.165) is 27.8 Å². The van der Waals surface area contributed by atoms with E-state index in [2.05, 4.69) is 10.3 Å². The molecule has 0 saturated heterocycles.